The van der Waals surface area contributed by atoms with Crippen LogP contribution in [-0.2, 0) is 11.3 Å². The molecule has 0 aliphatic carbocycles. The van der Waals surface area contributed by atoms with Gasteiger partial charge in [0.1, 0.15) is 12.1 Å². The van der Waals surface area contributed by atoms with E-state index in [1.165, 1.54) is 17.8 Å². The summed E-state index contributed by atoms with van der Waals surface area (Å²) in [5, 5.41) is 6.69. The monoisotopic (exact) mass is 382 g/mol. The number of pyridine rings is 1. The van der Waals surface area contributed by atoms with Crippen LogP contribution in [0.15, 0.2) is 65.5 Å². The third kappa shape index (κ3) is 4.21. The minimum Gasteiger partial charge on any atom is -0.327 e. The number of hydrogen-bond acceptors (Lipinski definition) is 5. The Morgan fingerprint density at radius 3 is 2.64 bits per heavy atom. The maximum absolute atomic E-state index is 12.7. The molecule has 28 heavy (non-hydrogen) atoms. The second kappa shape index (κ2) is 8.40. The number of hydrogen-bond donors (Lipinski definition) is 2. The summed E-state index contributed by atoms with van der Waals surface area (Å²) in [6.45, 7) is 1.41. The van der Waals surface area contributed by atoms with E-state index in [9.17, 15) is 14.0 Å². The molecule has 3 rings (SSSR count). The number of anilines is 1. The third-order valence-corrected chi connectivity index (χ3v) is 3.98. The van der Waals surface area contributed by atoms with Crippen LogP contribution in [0.5, 0.6) is 0 Å². The Bertz CT molecular complexity index is 1070. The number of carbonyl (C=O) groups is 1. The minimum absolute atomic E-state index is 0.00197. The summed E-state index contributed by atoms with van der Waals surface area (Å²) in [4.78, 5) is 28.1. The fraction of sp³-hybridized carbons (Fsp3) is 0.158. The zero-order valence-corrected chi connectivity index (χ0v) is 15.2. The molecule has 3 aromatic rings. The lowest BCUT2D eigenvalue weighted by Gasteiger charge is -2.06. The van der Waals surface area contributed by atoms with E-state index >= 15 is 0 Å². The number of halogens is 1. The molecule has 0 saturated heterocycles. The Kier molecular flexibility index (Phi) is 5.75. The third-order valence-electron chi connectivity index (χ3n) is 3.98. The fourth-order valence-electron chi connectivity index (χ4n) is 2.58. The first-order valence-electron chi connectivity index (χ1n) is 8.50. The Morgan fingerprint density at radius 2 is 2.00 bits per heavy atom. The lowest BCUT2D eigenvalue weighted by atomic mass is 10.1. The van der Waals surface area contributed by atoms with Crippen LogP contribution >= 0.6 is 0 Å². The first-order chi connectivity index (χ1) is 13.5. The van der Waals surface area contributed by atoms with Gasteiger partial charge in [0.2, 0.25) is 5.91 Å². The Balaban J connectivity index is 1.89. The highest BCUT2D eigenvalue weighted by molar-refractivity contribution is 5.88. The van der Waals surface area contributed by atoms with Gasteiger partial charge in [-0.15, -0.1) is 0 Å². The minimum atomic E-state index is -0.446. The number of amides is 1. The summed E-state index contributed by atoms with van der Waals surface area (Å²) in [6.07, 6.45) is 1.72. The summed E-state index contributed by atoms with van der Waals surface area (Å²) in [6, 6.07) is 12.4. The highest BCUT2D eigenvalue weighted by Gasteiger charge is 2.10. The highest BCUT2D eigenvalue weighted by atomic mass is 19.1. The molecular formula is C19H19FN6O2. The lowest BCUT2D eigenvalue weighted by molar-refractivity contribution is -0.114. The highest BCUT2D eigenvalue weighted by Crippen LogP contribution is 2.20. The number of nitrogens with zero attached hydrogens (tertiary/aromatic N) is 4. The molecule has 0 spiro atoms. The molecule has 2 heterocycles. The van der Waals surface area contributed by atoms with Gasteiger partial charge < -0.3 is 11.1 Å². The number of carbonyl (C=O) groups excluding carboxylic acids is 1. The van der Waals surface area contributed by atoms with E-state index in [1.54, 1.807) is 24.3 Å². The van der Waals surface area contributed by atoms with Crippen molar-refractivity contribution in [1.82, 2.24) is 19.3 Å². The average molecular weight is 382 g/mol. The molecule has 0 aliphatic heterocycles. The molecule has 144 valence electrons. The van der Waals surface area contributed by atoms with Crippen molar-refractivity contribution in [3.8, 4) is 17.1 Å². The molecule has 9 heteroatoms. The summed E-state index contributed by atoms with van der Waals surface area (Å²) in [5.41, 5.74) is 7.39. The molecule has 8 nitrogen and oxygen atoms in total. The van der Waals surface area contributed by atoms with Gasteiger partial charge in [-0.2, -0.15) is 5.10 Å². The first kappa shape index (κ1) is 19.2. The quantitative estimate of drug-likeness (QED) is 0.677. The van der Waals surface area contributed by atoms with E-state index in [0.717, 1.165) is 10.2 Å². The van der Waals surface area contributed by atoms with Crippen LogP contribution in [0, 0.1) is 0 Å². The standard InChI is InChI=1S/C19H19FN6O2/c1-13(27)23-16-7-5-15(6-8-16)17-3-2-4-18(24-17)25-12-22-26(19(25)28)11-14(9-20)10-21/h2-9,12H,10-11,21H2,1H3,(H,23,27)/b14-9+. The summed E-state index contributed by atoms with van der Waals surface area (Å²) in [5.74, 6) is 0.239. The summed E-state index contributed by atoms with van der Waals surface area (Å²) in [7, 11) is 0. The largest absolute Gasteiger partial charge is 0.351 e. The lowest BCUT2D eigenvalue weighted by Crippen LogP contribution is -2.26. The van der Waals surface area contributed by atoms with Crippen molar-refractivity contribution < 1.29 is 9.18 Å². The number of nitrogens with one attached hydrogen (secondary N) is 1. The molecule has 0 fully saturated rings. The second-order valence-electron chi connectivity index (χ2n) is 6.05. The van der Waals surface area contributed by atoms with E-state index in [2.05, 4.69) is 15.4 Å². The van der Waals surface area contributed by atoms with Crippen molar-refractivity contribution in [2.75, 3.05) is 11.9 Å². The molecule has 3 N–H and O–H groups in total. The van der Waals surface area contributed by atoms with E-state index in [1.807, 2.05) is 18.2 Å². The van der Waals surface area contributed by atoms with Crippen LogP contribution in [0.1, 0.15) is 6.92 Å². The fourth-order valence-corrected chi connectivity index (χ4v) is 2.58. The van der Waals surface area contributed by atoms with Crippen LogP contribution < -0.4 is 16.7 Å². The van der Waals surface area contributed by atoms with E-state index in [-0.39, 0.29) is 24.6 Å². The van der Waals surface area contributed by atoms with Gasteiger partial charge in [-0.05, 0) is 29.8 Å². The van der Waals surface area contributed by atoms with Crippen molar-refractivity contribution >= 4 is 11.6 Å². The summed E-state index contributed by atoms with van der Waals surface area (Å²) >= 11 is 0. The maximum Gasteiger partial charge on any atom is 0.351 e. The average Bonchev–Trinajstić information content (AvgIpc) is 3.06. The predicted molar refractivity (Wildman–Crippen MR) is 104 cm³/mol. The molecular weight excluding hydrogens is 363 g/mol. The van der Waals surface area contributed by atoms with Gasteiger partial charge in [-0.1, -0.05) is 18.2 Å². The van der Waals surface area contributed by atoms with Gasteiger partial charge in [0.05, 0.1) is 18.6 Å². The number of nitrogens with two attached hydrogens (primary N) is 1. The van der Waals surface area contributed by atoms with Crippen molar-refractivity contribution in [2.45, 2.75) is 13.5 Å². The molecule has 0 radical (unpaired) electrons. The van der Waals surface area contributed by atoms with Gasteiger partial charge in [0, 0.05) is 24.7 Å². The first-order valence-corrected chi connectivity index (χ1v) is 8.50. The SMILES string of the molecule is CC(=O)Nc1ccc(-c2cccc(-n3cnn(C/C(=C/F)CN)c3=O)n2)cc1. The maximum atomic E-state index is 12.7. The van der Waals surface area contributed by atoms with Gasteiger partial charge in [0.25, 0.3) is 0 Å². The van der Waals surface area contributed by atoms with Crippen molar-refractivity contribution in [1.29, 1.82) is 0 Å². The van der Waals surface area contributed by atoms with Crippen molar-refractivity contribution in [2.24, 2.45) is 5.73 Å². The number of rotatable bonds is 6. The van der Waals surface area contributed by atoms with Gasteiger partial charge in [0.15, 0.2) is 0 Å². The molecule has 0 saturated carbocycles. The zero-order chi connectivity index (χ0) is 20.1. The van der Waals surface area contributed by atoms with Gasteiger partial charge >= 0.3 is 5.69 Å². The number of benzene rings is 1. The van der Waals surface area contributed by atoms with E-state index in [0.29, 0.717) is 23.5 Å². The Morgan fingerprint density at radius 1 is 1.25 bits per heavy atom. The van der Waals surface area contributed by atoms with E-state index < -0.39 is 5.69 Å². The molecule has 2 aromatic heterocycles. The van der Waals surface area contributed by atoms with Crippen molar-refractivity contribution in [3.63, 3.8) is 0 Å². The second-order valence-corrected chi connectivity index (χ2v) is 6.05. The van der Waals surface area contributed by atoms with Crippen LogP contribution in [0.2, 0.25) is 0 Å². The Hall–Kier alpha value is -3.59. The smallest absolute Gasteiger partial charge is 0.327 e. The molecule has 1 amide bonds. The van der Waals surface area contributed by atoms with Crippen LogP contribution in [0.4, 0.5) is 10.1 Å². The van der Waals surface area contributed by atoms with Crippen LogP contribution in [-0.4, -0.2) is 31.8 Å². The van der Waals surface area contributed by atoms with Crippen LogP contribution in [0.25, 0.3) is 17.1 Å². The van der Waals surface area contributed by atoms with Gasteiger partial charge in [-0.25, -0.2) is 23.4 Å². The zero-order valence-electron chi connectivity index (χ0n) is 15.2. The van der Waals surface area contributed by atoms with E-state index in [4.69, 9.17) is 5.73 Å². The molecule has 0 atom stereocenters. The topological polar surface area (TPSA) is 108 Å². The molecule has 0 unspecified atom stereocenters. The predicted octanol–water partition coefficient (Wildman–Crippen LogP) is 1.87. The molecule has 1 aromatic carbocycles. The van der Waals surface area contributed by atoms with Gasteiger partial charge in [-0.3, -0.25) is 4.79 Å². The summed E-state index contributed by atoms with van der Waals surface area (Å²) < 4.78 is 15.1. The van der Waals surface area contributed by atoms with Crippen molar-refractivity contribution in [3.05, 3.63) is 71.2 Å². The Labute approximate surface area is 160 Å². The normalized spacial score (nSPS) is 11.5. The molecule has 0 aliphatic rings. The number of aromatic nitrogens is 4. The molecule has 0 bridgehead atoms. The van der Waals surface area contributed by atoms with Crippen LogP contribution in [0.3, 0.4) is 0 Å².